The maximum Gasteiger partial charge on any atom is 0.288 e. The monoisotopic (exact) mass is 397 g/mol. The molecule has 0 N–H and O–H groups in total. The lowest BCUT2D eigenvalue weighted by Crippen LogP contribution is -2.44. The summed E-state index contributed by atoms with van der Waals surface area (Å²) in [7, 11) is -2.37. The number of hydrogen-bond acceptors (Lipinski definition) is 6. The first kappa shape index (κ1) is 20.8. The molecule has 1 aliphatic heterocycles. The van der Waals surface area contributed by atoms with Crippen LogP contribution in [0, 0.1) is 16.0 Å². The van der Waals surface area contributed by atoms with Gasteiger partial charge in [-0.05, 0) is 30.9 Å². The highest BCUT2D eigenvalue weighted by Gasteiger charge is 2.27. The maximum atomic E-state index is 12.5. The number of piperidine rings is 1. The van der Waals surface area contributed by atoms with E-state index in [4.69, 9.17) is 0 Å². The largest absolute Gasteiger partial charge is 0.341 e. The second kappa shape index (κ2) is 8.03. The average Bonchev–Trinajstić information content (AvgIpc) is 2.60. The fourth-order valence-electron chi connectivity index (χ4n) is 2.96. The number of benzene rings is 1. The second-order valence-electron chi connectivity index (χ2n) is 6.94. The Morgan fingerprint density at radius 3 is 2.41 bits per heavy atom. The van der Waals surface area contributed by atoms with Crippen LogP contribution in [0.4, 0.5) is 5.69 Å². The molecule has 0 saturated carbocycles. The van der Waals surface area contributed by atoms with Crippen LogP contribution in [0.2, 0.25) is 0 Å². The molecule has 0 unspecified atom stereocenters. The molecule has 0 aromatic heterocycles. The summed E-state index contributed by atoms with van der Waals surface area (Å²) in [5.41, 5.74) is -0.704. The van der Waals surface area contributed by atoms with E-state index in [1.807, 2.05) is 0 Å². The minimum absolute atomic E-state index is 0.0448. The van der Waals surface area contributed by atoms with Crippen molar-refractivity contribution in [3.05, 3.63) is 33.9 Å². The molecule has 0 bridgehead atoms. The highest BCUT2D eigenvalue weighted by molar-refractivity contribution is 7.90. The molecule has 0 radical (unpaired) electrons. The van der Waals surface area contributed by atoms with Crippen LogP contribution in [0.5, 0.6) is 0 Å². The van der Waals surface area contributed by atoms with Gasteiger partial charge in [0.05, 0.1) is 11.5 Å². The average molecular weight is 397 g/mol. The summed E-state index contributed by atoms with van der Waals surface area (Å²) in [5.74, 6) is -0.195. The normalized spacial score (nSPS) is 15.4. The summed E-state index contributed by atoms with van der Waals surface area (Å²) < 4.78 is 23.3. The zero-order chi connectivity index (χ0) is 20.4. The van der Waals surface area contributed by atoms with Gasteiger partial charge in [-0.3, -0.25) is 19.7 Å². The van der Waals surface area contributed by atoms with Crippen molar-refractivity contribution >= 4 is 27.3 Å². The van der Waals surface area contributed by atoms with Gasteiger partial charge in [-0.25, -0.2) is 8.42 Å². The van der Waals surface area contributed by atoms with Crippen molar-refractivity contribution in [2.75, 3.05) is 32.9 Å². The van der Waals surface area contributed by atoms with Crippen molar-refractivity contribution in [1.29, 1.82) is 0 Å². The van der Waals surface area contributed by atoms with Gasteiger partial charge in [-0.15, -0.1) is 0 Å². The first-order valence-electron chi connectivity index (χ1n) is 8.52. The van der Waals surface area contributed by atoms with Crippen LogP contribution in [0.3, 0.4) is 0 Å². The van der Waals surface area contributed by atoms with Gasteiger partial charge < -0.3 is 9.80 Å². The number of likely N-dealkylation sites (tertiary alicyclic amines) is 1. The second-order valence-corrected chi connectivity index (χ2v) is 8.92. The molecule has 0 aliphatic carbocycles. The minimum Gasteiger partial charge on any atom is -0.341 e. The molecule has 1 aromatic carbocycles. The predicted octanol–water partition coefficient (Wildman–Crippen LogP) is 1.33. The number of amides is 2. The first-order chi connectivity index (χ1) is 12.5. The van der Waals surface area contributed by atoms with Crippen LogP contribution < -0.4 is 0 Å². The van der Waals surface area contributed by atoms with Crippen molar-refractivity contribution < 1.29 is 22.9 Å². The smallest absolute Gasteiger partial charge is 0.288 e. The Kier molecular flexibility index (Phi) is 6.19. The van der Waals surface area contributed by atoms with E-state index in [0.29, 0.717) is 19.0 Å². The predicted molar refractivity (Wildman–Crippen MR) is 98.1 cm³/mol. The fourth-order valence-corrected chi connectivity index (χ4v) is 3.79. The number of nitro groups is 1. The molecule has 2 amide bonds. The van der Waals surface area contributed by atoms with Crippen molar-refractivity contribution in [2.45, 2.75) is 24.7 Å². The SMILES string of the molecule is CC1CCN(C(=O)CN(C)C(=O)c2ccc(S(C)(=O)=O)c([N+](=O)[O-])c2)CC1. The summed E-state index contributed by atoms with van der Waals surface area (Å²) in [4.78, 5) is 37.7. The standard InChI is InChI=1S/C17H23N3O6S/c1-12-6-8-19(9-7-12)16(21)11-18(2)17(22)13-4-5-15(27(3,25)26)14(10-13)20(23)24/h4-5,10,12H,6-9,11H2,1-3H3. The van der Waals surface area contributed by atoms with E-state index in [1.165, 1.54) is 18.0 Å². The number of nitrogens with zero attached hydrogens (tertiary/aromatic N) is 3. The Balaban J connectivity index is 2.15. The Morgan fingerprint density at radius 1 is 1.30 bits per heavy atom. The third kappa shape index (κ3) is 5.03. The third-order valence-corrected chi connectivity index (χ3v) is 5.80. The van der Waals surface area contributed by atoms with Crippen LogP contribution in [0.25, 0.3) is 0 Å². The van der Waals surface area contributed by atoms with Crippen molar-refractivity contribution in [3.8, 4) is 0 Å². The van der Waals surface area contributed by atoms with E-state index in [1.54, 1.807) is 4.90 Å². The van der Waals surface area contributed by atoms with E-state index in [9.17, 15) is 28.1 Å². The van der Waals surface area contributed by atoms with Crippen molar-refractivity contribution in [2.24, 2.45) is 5.92 Å². The van der Waals surface area contributed by atoms with Crippen LogP contribution in [0.15, 0.2) is 23.1 Å². The van der Waals surface area contributed by atoms with Gasteiger partial charge in [-0.1, -0.05) is 6.92 Å². The molecule has 10 heteroatoms. The van der Waals surface area contributed by atoms with Gasteiger partial charge >= 0.3 is 0 Å². The van der Waals surface area contributed by atoms with Gasteiger partial charge in [0.1, 0.15) is 4.90 Å². The quantitative estimate of drug-likeness (QED) is 0.546. The number of carbonyl (C=O) groups excluding carboxylic acids is 2. The molecule has 0 spiro atoms. The lowest BCUT2D eigenvalue weighted by Gasteiger charge is -2.31. The van der Waals surface area contributed by atoms with Crippen LogP contribution >= 0.6 is 0 Å². The fraction of sp³-hybridized carbons (Fsp3) is 0.529. The molecule has 9 nitrogen and oxygen atoms in total. The Bertz CT molecular complexity index is 859. The van der Waals surface area contributed by atoms with Crippen LogP contribution in [-0.2, 0) is 14.6 Å². The highest BCUT2D eigenvalue weighted by Crippen LogP contribution is 2.25. The van der Waals surface area contributed by atoms with E-state index in [-0.39, 0.29) is 18.0 Å². The van der Waals surface area contributed by atoms with Crippen molar-refractivity contribution in [3.63, 3.8) is 0 Å². The highest BCUT2D eigenvalue weighted by atomic mass is 32.2. The van der Waals surface area contributed by atoms with Crippen LogP contribution in [-0.4, -0.2) is 67.9 Å². The number of nitro benzene ring substituents is 1. The number of hydrogen-bond donors (Lipinski definition) is 0. The Labute approximate surface area is 158 Å². The number of carbonyl (C=O) groups is 2. The summed E-state index contributed by atoms with van der Waals surface area (Å²) in [5, 5.41) is 11.2. The summed E-state index contributed by atoms with van der Waals surface area (Å²) in [6, 6.07) is 3.19. The van der Waals surface area contributed by atoms with Gasteiger partial charge in [0.25, 0.3) is 11.6 Å². The van der Waals surface area contributed by atoms with Gasteiger partial charge in [0.2, 0.25) is 5.91 Å². The van der Waals surface area contributed by atoms with Crippen molar-refractivity contribution in [1.82, 2.24) is 9.80 Å². The van der Waals surface area contributed by atoms with E-state index in [0.717, 1.165) is 31.2 Å². The lowest BCUT2D eigenvalue weighted by atomic mass is 9.99. The van der Waals surface area contributed by atoms with E-state index in [2.05, 4.69) is 6.92 Å². The topological polar surface area (TPSA) is 118 Å². The molecule has 1 fully saturated rings. The summed E-state index contributed by atoms with van der Waals surface area (Å²) in [6.07, 6.45) is 2.70. The molecule has 1 aliphatic rings. The Morgan fingerprint density at radius 2 is 1.89 bits per heavy atom. The number of likely N-dealkylation sites (N-methyl/N-ethyl adjacent to an activating group) is 1. The van der Waals surface area contributed by atoms with Gasteiger partial charge in [0, 0.05) is 38.0 Å². The number of sulfone groups is 1. The first-order valence-corrected chi connectivity index (χ1v) is 10.4. The third-order valence-electron chi connectivity index (χ3n) is 4.66. The zero-order valence-electron chi connectivity index (χ0n) is 15.5. The molecule has 1 heterocycles. The number of rotatable bonds is 5. The Hall–Kier alpha value is -2.49. The molecule has 2 rings (SSSR count). The molecule has 0 atom stereocenters. The lowest BCUT2D eigenvalue weighted by molar-refractivity contribution is -0.387. The van der Waals surface area contributed by atoms with Gasteiger partial charge in [0.15, 0.2) is 9.84 Å². The van der Waals surface area contributed by atoms with E-state index >= 15 is 0 Å². The van der Waals surface area contributed by atoms with E-state index < -0.39 is 31.3 Å². The van der Waals surface area contributed by atoms with Gasteiger partial charge in [-0.2, -0.15) is 0 Å². The molecule has 1 saturated heterocycles. The maximum absolute atomic E-state index is 12.5. The molecular weight excluding hydrogens is 374 g/mol. The minimum atomic E-state index is -3.81. The molecular formula is C17H23N3O6S. The molecule has 1 aromatic rings. The van der Waals surface area contributed by atoms with Crippen LogP contribution in [0.1, 0.15) is 30.1 Å². The summed E-state index contributed by atoms with van der Waals surface area (Å²) in [6.45, 7) is 3.28. The summed E-state index contributed by atoms with van der Waals surface area (Å²) >= 11 is 0. The molecule has 27 heavy (non-hydrogen) atoms. The molecule has 148 valence electrons. The zero-order valence-corrected chi connectivity index (χ0v) is 16.4.